The van der Waals surface area contributed by atoms with E-state index in [4.69, 9.17) is 10.00 Å². The van der Waals surface area contributed by atoms with Crippen LogP contribution in [0.25, 0.3) is 0 Å². The number of rotatable bonds is 11. The molecule has 0 atom stereocenters. The molecule has 0 saturated heterocycles. The van der Waals surface area contributed by atoms with Gasteiger partial charge in [0.1, 0.15) is 5.75 Å². The van der Waals surface area contributed by atoms with Crippen molar-refractivity contribution in [2.24, 2.45) is 4.99 Å². The van der Waals surface area contributed by atoms with Gasteiger partial charge in [-0.2, -0.15) is 5.26 Å². The number of aliphatic imine (C=N–C) groups is 1. The number of anilines is 1. The second-order valence-corrected chi connectivity index (χ2v) is 6.58. The number of ether oxygens (including phenoxy) is 1. The van der Waals surface area contributed by atoms with E-state index in [1.807, 2.05) is 36.5 Å². The van der Waals surface area contributed by atoms with E-state index in [0.29, 0.717) is 5.96 Å². The van der Waals surface area contributed by atoms with Gasteiger partial charge in [0.15, 0.2) is 0 Å². The Morgan fingerprint density at radius 3 is 2.50 bits per heavy atom. The Labute approximate surface area is 167 Å². The molecule has 6 nitrogen and oxygen atoms in total. The summed E-state index contributed by atoms with van der Waals surface area (Å²) >= 11 is 0. The summed E-state index contributed by atoms with van der Waals surface area (Å²) in [5, 5.41) is 15.1. The number of unbranched alkanes of at least 4 members (excludes halogenated alkanes) is 5. The Balaban J connectivity index is 1.49. The highest BCUT2D eigenvalue weighted by atomic mass is 16.5. The molecule has 0 unspecified atom stereocenters. The summed E-state index contributed by atoms with van der Waals surface area (Å²) in [6, 6.07) is 11.8. The highest BCUT2D eigenvalue weighted by Gasteiger charge is 2.00. The largest absolute Gasteiger partial charge is 0.493 e. The predicted octanol–water partition coefficient (Wildman–Crippen LogP) is 4.65. The maximum atomic E-state index is 8.81. The number of nitriles is 1. The van der Waals surface area contributed by atoms with Crippen LogP contribution in [0.3, 0.4) is 0 Å². The molecule has 148 valence electrons. The Bertz CT molecular complexity index is 755. The molecule has 0 aliphatic heterocycles. The molecule has 2 N–H and O–H groups in total. The molecule has 6 heteroatoms. The number of guanidine groups is 1. The van der Waals surface area contributed by atoms with Crippen LogP contribution in [0.2, 0.25) is 0 Å². The van der Waals surface area contributed by atoms with Crippen LogP contribution in [0, 0.1) is 18.4 Å². The molecule has 1 aromatic carbocycles. The number of nitrogens with zero attached hydrogens (tertiary/aromatic N) is 3. The summed E-state index contributed by atoms with van der Waals surface area (Å²) < 4.78 is 5.82. The Kier molecular flexibility index (Phi) is 9.97. The van der Waals surface area contributed by atoms with Gasteiger partial charge >= 0.3 is 0 Å². The average molecular weight is 380 g/mol. The first-order chi connectivity index (χ1) is 13.8. The molecule has 28 heavy (non-hydrogen) atoms. The molecule has 0 bridgehead atoms. The third kappa shape index (κ3) is 8.54. The lowest BCUT2D eigenvalue weighted by molar-refractivity contribution is 0.302. The minimum Gasteiger partial charge on any atom is -0.493 e. The third-order valence-corrected chi connectivity index (χ3v) is 4.32. The Hall–Kier alpha value is -3.07. The molecule has 0 aliphatic carbocycles. The number of hydrogen-bond acceptors (Lipinski definition) is 4. The van der Waals surface area contributed by atoms with Gasteiger partial charge in [0.05, 0.1) is 6.61 Å². The van der Waals surface area contributed by atoms with Crippen molar-refractivity contribution >= 4 is 11.6 Å². The van der Waals surface area contributed by atoms with Crippen LogP contribution in [0.5, 0.6) is 5.75 Å². The predicted molar refractivity (Wildman–Crippen MR) is 113 cm³/mol. The monoisotopic (exact) mass is 379 g/mol. The average Bonchev–Trinajstić information content (AvgIpc) is 2.71. The van der Waals surface area contributed by atoms with Gasteiger partial charge in [-0.1, -0.05) is 43.9 Å². The zero-order valence-electron chi connectivity index (χ0n) is 16.5. The van der Waals surface area contributed by atoms with Gasteiger partial charge in [0, 0.05) is 24.6 Å². The quantitative estimate of drug-likeness (QED) is 0.257. The molecular weight excluding hydrogens is 350 g/mol. The molecule has 0 aliphatic rings. The zero-order valence-corrected chi connectivity index (χ0v) is 16.5. The first kappa shape index (κ1) is 21.2. The fraction of sp³-hybridized carbons (Fsp3) is 0.409. The van der Waals surface area contributed by atoms with Crippen LogP contribution < -0.4 is 15.4 Å². The van der Waals surface area contributed by atoms with Crippen molar-refractivity contribution in [1.29, 1.82) is 5.26 Å². The number of hydrogen-bond donors (Lipinski definition) is 2. The topological polar surface area (TPSA) is 82.3 Å². The van der Waals surface area contributed by atoms with E-state index in [0.717, 1.165) is 43.9 Å². The van der Waals surface area contributed by atoms with E-state index in [2.05, 4.69) is 33.6 Å². The molecule has 0 saturated carbocycles. The minimum absolute atomic E-state index is 0.474. The third-order valence-electron chi connectivity index (χ3n) is 4.32. The number of aromatic nitrogens is 1. The molecule has 0 fully saturated rings. The van der Waals surface area contributed by atoms with Crippen LogP contribution in [0.15, 0.2) is 53.8 Å². The van der Waals surface area contributed by atoms with E-state index in [1.54, 1.807) is 12.4 Å². The van der Waals surface area contributed by atoms with Crippen molar-refractivity contribution in [1.82, 2.24) is 10.3 Å². The van der Waals surface area contributed by atoms with Crippen molar-refractivity contribution < 1.29 is 4.74 Å². The second kappa shape index (κ2) is 13.2. The first-order valence-electron chi connectivity index (χ1n) is 9.85. The summed E-state index contributed by atoms with van der Waals surface area (Å²) in [5.74, 6) is 1.46. The van der Waals surface area contributed by atoms with E-state index < -0.39 is 0 Å². The Morgan fingerprint density at radius 1 is 1.04 bits per heavy atom. The molecule has 0 spiro atoms. The molecule has 1 aromatic heterocycles. The molecule has 0 radical (unpaired) electrons. The summed E-state index contributed by atoms with van der Waals surface area (Å²) in [7, 11) is 0. The first-order valence-corrected chi connectivity index (χ1v) is 9.85. The van der Waals surface area contributed by atoms with Gasteiger partial charge in [-0.25, -0.2) is 0 Å². The van der Waals surface area contributed by atoms with E-state index in [9.17, 15) is 0 Å². The standard InChI is InChI=1S/C22H29N5O/c1-19-10-6-7-11-21(19)28-17-9-5-3-2-4-8-14-25-22(26-18-23)27-20-12-15-24-16-13-20/h6-7,10-13,15-16H,2-5,8-9,14,17H2,1H3,(H2,24,25,26,27). The van der Waals surface area contributed by atoms with Gasteiger partial charge < -0.3 is 15.4 Å². The zero-order chi connectivity index (χ0) is 19.9. The number of pyridine rings is 1. The van der Waals surface area contributed by atoms with Crippen LogP contribution in [0.1, 0.15) is 44.1 Å². The fourth-order valence-corrected chi connectivity index (χ4v) is 2.78. The van der Waals surface area contributed by atoms with Crippen molar-refractivity contribution in [2.45, 2.75) is 45.4 Å². The Morgan fingerprint density at radius 2 is 1.75 bits per heavy atom. The summed E-state index contributed by atoms with van der Waals surface area (Å²) in [6.45, 7) is 3.64. The van der Waals surface area contributed by atoms with Gasteiger partial charge in [-0.3, -0.25) is 4.98 Å². The normalized spacial score (nSPS) is 10.9. The number of aryl methyl sites for hydroxylation is 1. The van der Waals surface area contributed by atoms with Crippen molar-refractivity contribution in [3.05, 3.63) is 54.4 Å². The van der Waals surface area contributed by atoms with Crippen LogP contribution in [-0.4, -0.2) is 24.1 Å². The summed E-state index contributed by atoms with van der Waals surface area (Å²) in [6.07, 6.45) is 12.1. The smallest absolute Gasteiger partial charge is 0.211 e. The van der Waals surface area contributed by atoms with Gasteiger partial charge in [0.25, 0.3) is 0 Å². The lowest BCUT2D eigenvalue weighted by atomic mass is 10.1. The van der Waals surface area contributed by atoms with Crippen molar-refractivity contribution in [3.8, 4) is 11.9 Å². The lowest BCUT2D eigenvalue weighted by Crippen LogP contribution is -2.31. The molecule has 2 aromatic rings. The maximum absolute atomic E-state index is 8.81. The van der Waals surface area contributed by atoms with E-state index >= 15 is 0 Å². The van der Waals surface area contributed by atoms with E-state index in [-0.39, 0.29) is 0 Å². The summed E-state index contributed by atoms with van der Waals surface area (Å²) in [5.41, 5.74) is 2.04. The maximum Gasteiger partial charge on any atom is 0.211 e. The van der Waals surface area contributed by atoms with Gasteiger partial charge in [-0.15, -0.1) is 4.99 Å². The van der Waals surface area contributed by atoms with Crippen molar-refractivity contribution in [3.63, 3.8) is 0 Å². The highest BCUT2D eigenvalue weighted by Crippen LogP contribution is 2.16. The molecule has 0 amide bonds. The van der Waals surface area contributed by atoms with Crippen LogP contribution in [0.4, 0.5) is 5.69 Å². The highest BCUT2D eigenvalue weighted by molar-refractivity contribution is 5.94. The lowest BCUT2D eigenvalue weighted by Gasteiger charge is -2.11. The second-order valence-electron chi connectivity index (χ2n) is 6.58. The van der Waals surface area contributed by atoms with Crippen LogP contribution >= 0.6 is 0 Å². The number of nitrogens with one attached hydrogen (secondary N) is 2. The van der Waals surface area contributed by atoms with Crippen molar-refractivity contribution in [2.75, 3.05) is 18.5 Å². The van der Waals surface area contributed by atoms with Gasteiger partial charge in [-0.05, 0) is 43.5 Å². The molecule has 1 heterocycles. The number of para-hydroxylation sites is 1. The fourth-order valence-electron chi connectivity index (χ4n) is 2.78. The molecule has 2 rings (SSSR count). The SMILES string of the molecule is Cc1ccccc1OCCCCCCCCN/C(=N\C#N)Nc1ccncc1. The minimum atomic E-state index is 0.474. The number of benzene rings is 1. The van der Waals surface area contributed by atoms with E-state index in [1.165, 1.54) is 24.8 Å². The van der Waals surface area contributed by atoms with Gasteiger partial charge in [0.2, 0.25) is 12.2 Å². The van der Waals surface area contributed by atoms with Crippen LogP contribution in [-0.2, 0) is 0 Å². The molecular formula is C22H29N5O. The summed E-state index contributed by atoms with van der Waals surface area (Å²) in [4.78, 5) is 7.75.